The summed E-state index contributed by atoms with van der Waals surface area (Å²) in [6, 6.07) is 3.30. The molecule has 2 rings (SSSR count). The summed E-state index contributed by atoms with van der Waals surface area (Å²) in [6.45, 7) is 3.07. The van der Waals surface area contributed by atoms with Gasteiger partial charge in [-0.05, 0) is 54.6 Å². The van der Waals surface area contributed by atoms with Crippen molar-refractivity contribution in [3.63, 3.8) is 0 Å². The van der Waals surface area contributed by atoms with Crippen molar-refractivity contribution >= 4 is 11.3 Å². The van der Waals surface area contributed by atoms with Gasteiger partial charge in [0, 0.05) is 12.1 Å². The van der Waals surface area contributed by atoms with Crippen LogP contribution in [0.25, 0.3) is 0 Å². The third-order valence-corrected chi connectivity index (χ3v) is 4.17. The molecule has 3 heteroatoms. The molecule has 0 bridgehead atoms. The molecular weight excluding hydrogens is 204 g/mol. The molecule has 15 heavy (non-hydrogen) atoms. The van der Waals surface area contributed by atoms with E-state index >= 15 is 0 Å². The van der Waals surface area contributed by atoms with Crippen molar-refractivity contribution in [3.8, 4) is 0 Å². The first-order valence-electron chi connectivity index (χ1n) is 5.79. The Morgan fingerprint density at radius 1 is 1.60 bits per heavy atom. The van der Waals surface area contributed by atoms with E-state index in [9.17, 15) is 0 Å². The Balaban J connectivity index is 1.91. The summed E-state index contributed by atoms with van der Waals surface area (Å²) >= 11 is 1.77. The molecule has 2 nitrogen and oxygen atoms in total. The van der Waals surface area contributed by atoms with Crippen LogP contribution in [0.3, 0.4) is 0 Å². The first kappa shape index (κ1) is 11.1. The van der Waals surface area contributed by atoms with E-state index in [1.54, 1.807) is 11.3 Å². The van der Waals surface area contributed by atoms with Crippen molar-refractivity contribution < 1.29 is 0 Å². The van der Waals surface area contributed by atoms with Crippen LogP contribution in [0.4, 0.5) is 0 Å². The van der Waals surface area contributed by atoms with Crippen molar-refractivity contribution in [2.24, 2.45) is 11.7 Å². The van der Waals surface area contributed by atoms with Crippen LogP contribution in [-0.2, 0) is 0 Å². The monoisotopic (exact) mass is 224 g/mol. The molecule has 1 aliphatic rings. The first-order valence-corrected chi connectivity index (χ1v) is 6.73. The van der Waals surface area contributed by atoms with Gasteiger partial charge < -0.3 is 11.1 Å². The summed E-state index contributed by atoms with van der Waals surface area (Å²) in [7, 11) is 0. The minimum absolute atomic E-state index is 0.466. The zero-order valence-corrected chi connectivity index (χ0v) is 10.1. The van der Waals surface area contributed by atoms with Crippen LogP contribution in [-0.4, -0.2) is 12.6 Å². The predicted octanol–water partition coefficient (Wildman–Crippen LogP) is 2.53. The summed E-state index contributed by atoms with van der Waals surface area (Å²) in [5.74, 6) is 0.686. The molecule has 3 atom stereocenters. The highest BCUT2D eigenvalue weighted by molar-refractivity contribution is 7.07. The lowest BCUT2D eigenvalue weighted by atomic mass is 10.0. The van der Waals surface area contributed by atoms with E-state index in [-0.39, 0.29) is 0 Å². The van der Waals surface area contributed by atoms with Crippen LogP contribution >= 0.6 is 11.3 Å². The van der Waals surface area contributed by atoms with Gasteiger partial charge in [-0.3, -0.25) is 0 Å². The van der Waals surface area contributed by atoms with Crippen molar-refractivity contribution in [1.29, 1.82) is 0 Å². The van der Waals surface area contributed by atoms with Gasteiger partial charge in [0.15, 0.2) is 0 Å². The minimum atomic E-state index is 0.466. The molecule has 1 fully saturated rings. The molecule has 3 unspecified atom stereocenters. The number of nitrogens with two attached hydrogens (primary N) is 1. The third-order valence-electron chi connectivity index (χ3n) is 3.47. The zero-order valence-electron chi connectivity index (χ0n) is 9.28. The number of rotatable bonds is 4. The molecule has 1 aromatic heterocycles. The van der Waals surface area contributed by atoms with Gasteiger partial charge in [-0.1, -0.05) is 6.42 Å². The Hall–Kier alpha value is -0.380. The van der Waals surface area contributed by atoms with Crippen LogP contribution in [0.2, 0.25) is 0 Å². The molecule has 84 valence electrons. The molecule has 0 spiro atoms. The fourth-order valence-electron chi connectivity index (χ4n) is 2.48. The minimum Gasteiger partial charge on any atom is -0.330 e. The summed E-state index contributed by atoms with van der Waals surface area (Å²) in [4.78, 5) is 0. The van der Waals surface area contributed by atoms with Crippen molar-refractivity contribution in [3.05, 3.63) is 22.4 Å². The molecule has 0 amide bonds. The molecule has 3 N–H and O–H groups in total. The van der Waals surface area contributed by atoms with E-state index in [0.717, 1.165) is 6.54 Å². The molecule has 0 radical (unpaired) electrons. The summed E-state index contributed by atoms with van der Waals surface area (Å²) in [5, 5.41) is 8.08. The molecular formula is C12H20N2S. The van der Waals surface area contributed by atoms with Gasteiger partial charge in [0.25, 0.3) is 0 Å². The smallest absolute Gasteiger partial charge is 0.0302 e. The topological polar surface area (TPSA) is 38.0 Å². The van der Waals surface area contributed by atoms with E-state index < -0.39 is 0 Å². The highest BCUT2D eigenvalue weighted by Crippen LogP contribution is 2.27. The van der Waals surface area contributed by atoms with E-state index in [1.165, 1.54) is 24.8 Å². The van der Waals surface area contributed by atoms with Gasteiger partial charge in [-0.15, -0.1) is 0 Å². The largest absolute Gasteiger partial charge is 0.330 e. The predicted molar refractivity (Wildman–Crippen MR) is 66.1 cm³/mol. The highest BCUT2D eigenvalue weighted by Gasteiger charge is 2.27. The Labute approximate surface area is 95.9 Å². The van der Waals surface area contributed by atoms with Crippen LogP contribution in [0, 0.1) is 5.92 Å². The van der Waals surface area contributed by atoms with Crippen molar-refractivity contribution in [2.75, 3.05) is 6.54 Å². The van der Waals surface area contributed by atoms with Crippen LogP contribution < -0.4 is 11.1 Å². The fraction of sp³-hybridized carbons (Fsp3) is 0.667. The summed E-state index contributed by atoms with van der Waals surface area (Å²) in [6.07, 6.45) is 3.91. The maximum absolute atomic E-state index is 5.78. The van der Waals surface area contributed by atoms with Gasteiger partial charge in [-0.25, -0.2) is 0 Å². The quantitative estimate of drug-likeness (QED) is 0.825. The fourth-order valence-corrected chi connectivity index (χ4v) is 3.23. The van der Waals surface area contributed by atoms with Gasteiger partial charge in [0.2, 0.25) is 0 Å². The number of thiophene rings is 1. The molecule has 1 heterocycles. The number of hydrogen-bond acceptors (Lipinski definition) is 3. The van der Waals surface area contributed by atoms with Crippen LogP contribution in [0.15, 0.2) is 16.8 Å². The maximum atomic E-state index is 5.78. The average Bonchev–Trinajstić information content (AvgIpc) is 2.87. The zero-order chi connectivity index (χ0) is 10.7. The van der Waals surface area contributed by atoms with Crippen LogP contribution in [0.1, 0.15) is 37.8 Å². The van der Waals surface area contributed by atoms with Gasteiger partial charge in [0.1, 0.15) is 0 Å². The maximum Gasteiger partial charge on any atom is 0.0302 e. The standard InChI is InChI=1S/C12H20N2S/c1-9(11-5-6-15-8-11)14-12-4-2-3-10(12)7-13/h5-6,8-10,12,14H,2-4,7,13H2,1H3. The van der Waals surface area contributed by atoms with Crippen LogP contribution in [0.5, 0.6) is 0 Å². The molecule has 1 saturated carbocycles. The van der Waals surface area contributed by atoms with E-state index in [1.807, 2.05) is 0 Å². The number of hydrogen-bond donors (Lipinski definition) is 2. The van der Waals surface area contributed by atoms with E-state index in [4.69, 9.17) is 5.73 Å². The van der Waals surface area contributed by atoms with E-state index in [2.05, 4.69) is 29.1 Å². The number of nitrogens with one attached hydrogen (secondary N) is 1. The lowest BCUT2D eigenvalue weighted by Gasteiger charge is -2.23. The second-order valence-electron chi connectivity index (χ2n) is 4.48. The van der Waals surface area contributed by atoms with Crippen molar-refractivity contribution in [1.82, 2.24) is 5.32 Å². The third kappa shape index (κ3) is 2.60. The molecule has 0 saturated heterocycles. The lowest BCUT2D eigenvalue weighted by Crippen LogP contribution is -2.37. The molecule has 0 aliphatic heterocycles. The molecule has 1 aliphatic carbocycles. The SMILES string of the molecule is CC(NC1CCCC1CN)c1ccsc1. The summed E-state index contributed by atoms with van der Waals surface area (Å²) < 4.78 is 0. The second-order valence-corrected chi connectivity index (χ2v) is 5.26. The molecule has 0 aromatic carbocycles. The lowest BCUT2D eigenvalue weighted by molar-refractivity contribution is 0.374. The normalized spacial score (nSPS) is 28.1. The molecule has 1 aromatic rings. The Kier molecular flexibility index (Phi) is 3.78. The second kappa shape index (κ2) is 5.10. The average molecular weight is 224 g/mol. The Morgan fingerprint density at radius 2 is 2.47 bits per heavy atom. The summed E-state index contributed by atoms with van der Waals surface area (Å²) in [5.41, 5.74) is 7.19. The highest BCUT2D eigenvalue weighted by atomic mass is 32.1. The van der Waals surface area contributed by atoms with Gasteiger partial charge in [-0.2, -0.15) is 11.3 Å². The van der Waals surface area contributed by atoms with Crippen molar-refractivity contribution in [2.45, 2.75) is 38.3 Å². The van der Waals surface area contributed by atoms with Gasteiger partial charge in [0.05, 0.1) is 0 Å². The Morgan fingerprint density at radius 3 is 3.13 bits per heavy atom. The first-order chi connectivity index (χ1) is 7.31. The van der Waals surface area contributed by atoms with Gasteiger partial charge >= 0.3 is 0 Å². The Bertz CT molecular complexity index is 284. The van der Waals surface area contributed by atoms with E-state index in [0.29, 0.717) is 18.0 Å².